The van der Waals surface area contributed by atoms with Crippen LogP contribution in [0.4, 0.5) is 0 Å². The fourth-order valence-electron chi connectivity index (χ4n) is 20.2. The molecule has 0 aliphatic heterocycles. The summed E-state index contributed by atoms with van der Waals surface area (Å²) in [7, 11) is 0. The van der Waals surface area contributed by atoms with E-state index in [2.05, 4.69) is 215 Å². The fraction of sp³-hybridized carbons (Fsp3) is 0.00826. The molecule has 0 N–H and O–H groups in total. The maximum Gasteiger partial charge on any atom is 0.238 e. The fourth-order valence-corrected chi connectivity index (χ4v) is 20.2. The van der Waals surface area contributed by atoms with E-state index in [1.807, 2.05) is 224 Å². The molecule has 0 fully saturated rings. The van der Waals surface area contributed by atoms with Crippen molar-refractivity contribution >= 4 is 175 Å². The van der Waals surface area contributed by atoms with E-state index in [4.69, 9.17) is 57.5 Å². The van der Waals surface area contributed by atoms with Gasteiger partial charge < -0.3 is 17.7 Å². The van der Waals surface area contributed by atoms with E-state index < -0.39 is 0 Å². The SMILES string of the molecule is Cc1ccc2c(c1)c1c3c(ccc1n2-c1ncccn1)oc1ccccc13.c1ccc(-c2ccc3c(c2)c2c4c(ccc2n3-c2ncccn2)oc2ccccc24)cc1.c1ccc(-c2nc(-c3ccccc3)nc(-c3cnc(-n4c5ccccc5c5c6c(ccc54)oc4ccccc46)nc3)n2)cc1.c1ccc(-c2nc(-c3ccccc3)nc(-n3c4ccccc4c4c5c(ccc43)oc3ccccc35)n2)cc1. The van der Waals surface area contributed by atoms with Gasteiger partial charge >= 0.3 is 0 Å². The molecule has 20 nitrogen and oxygen atoms in total. The van der Waals surface area contributed by atoms with Crippen LogP contribution in [0, 0.1) is 6.92 Å². The second-order valence-corrected chi connectivity index (χ2v) is 34.6. The van der Waals surface area contributed by atoms with Crippen molar-refractivity contribution < 1.29 is 17.7 Å². The van der Waals surface area contributed by atoms with Crippen LogP contribution in [0.3, 0.4) is 0 Å². The monoisotopic (exact) mass is 1810 g/mol. The van der Waals surface area contributed by atoms with Crippen LogP contribution >= 0.6 is 0 Å². The summed E-state index contributed by atoms with van der Waals surface area (Å²) in [6, 6.07) is 133. The van der Waals surface area contributed by atoms with Crippen molar-refractivity contribution in [3.63, 3.8) is 0 Å². The van der Waals surface area contributed by atoms with E-state index in [9.17, 15) is 0 Å². The molecule has 0 spiro atoms. The third-order valence-corrected chi connectivity index (χ3v) is 26.3. The summed E-state index contributed by atoms with van der Waals surface area (Å²) in [6.45, 7) is 2.12. The lowest BCUT2D eigenvalue weighted by Crippen LogP contribution is -2.06. The third kappa shape index (κ3) is 13.7. The largest absolute Gasteiger partial charge is 0.456 e. The first kappa shape index (κ1) is 81.0. The highest BCUT2D eigenvalue weighted by Gasteiger charge is 2.28. The van der Waals surface area contributed by atoms with Crippen molar-refractivity contribution in [1.29, 1.82) is 0 Å². The standard InChI is InChI=1S/C37H22N6O.C33H20N4O.C28H17N3O.C23H15N3O/c1-3-11-23(12-4-1)34-40-35(24-13-5-2-6-14-24)42-36(41-34)25-21-38-37(39-22-25)43-28-17-9-7-15-26(28)32-29(43)19-20-31-33(32)27-16-8-10-18-30(27)44-31;1-3-11-21(12-4-1)31-34-32(22-13-5-2-6-14-22)36-33(35-31)37-25-17-9-7-15-23(25)29-26(37)19-20-28-30(29)24-16-8-10-18-27(24)38-28;1-2-7-18(8-3-1)19-11-12-22-21(17-19)26-23(31(22)28-29-15-6-16-30-28)13-14-25-27(26)20-9-4-5-10-24(20)32-25;1-14-7-8-17-16(13-14)21-18(26(17)23-24-11-4-12-25-23)9-10-20-22(21)15-5-2-3-6-19(15)27-20/h1-22H;1-20H;1-17H;2-13H,1H3. The molecule has 662 valence electrons. The zero-order valence-electron chi connectivity index (χ0n) is 75.3. The predicted octanol–water partition coefficient (Wildman–Crippen LogP) is 29.8. The highest BCUT2D eigenvalue weighted by atomic mass is 16.3. The topological polar surface area (TPSA) is 227 Å². The minimum atomic E-state index is 0.512. The third-order valence-electron chi connectivity index (χ3n) is 26.3. The van der Waals surface area contributed by atoms with E-state index in [1.54, 1.807) is 37.2 Å². The summed E-state index contributed by atoms with van der Waals surface area (Å²) in [5.74, 6) is 5.45. The molecule has 13 aromatic heterocycles. The predicted molar refractivity (Wildman–Crippen MR) is 563 cm³/mol. The first-order valence-electron chi connectivity index (χ1n) is 46.4. The molecule has 0 bridgehead atoms. The lowest BCUT2D eigenvalue weighted by Gasteiger charge is -2.10. The van der Waals surface area contributed by atoms with Crippen LogP contribution in [-0.4, -0.2) is 78.1 Å². The van der Waals surface area contributed by atoms with Gasteiger partial charge in [-0.05, 0) is 139 Å². The van der Waals surface area contributed by atoms with Crippen LogP contribution in [-0.2, 0) is 0 Å². The molecule has 0 aliphatic rings. The molecule has 0 atom stereocenters. The minimum Gasteiger partial charge on any atom is -0.456 e. The summed E-state index contributed by atoms with van der Waals surface area (Å²) < 4.78 is 33.3. The van der Waals surface area contributed by atoms with Crippen LogP contribution in [0.1, 0.15) is 5.56 Å². The van der Waals surface area contributed by atoms with Crippen LogP contribution in [0.15, 0.2) is 449 Å². The summed E-state index contributed by atoms with van der Waals surface area (Å²) in [4.78, 5) is 57.2. The van der Waals surface area contributed by atoms with Gasteiger partial charge in [-0.25, -0.2) is 49.8 Å². The molecule has 0 saturated heterocycles. The van der Waals surface area contributed by atoms with Gasteiger partial charge in [0.1, 0.15) is 44.7 Å². The number of rotatable bonds is 10. The van der Waals surface area contributed by atoms with Gasteiger partial charge in [0.05, 0.1) is 49.7 Å². The summed E-state index contributed by atoms with van der Waals surface area (Å²) >= 11 is 0. The number of hydrogen-bond donors (Lipinski definition) is 0. The summed E-state index contributed by atoms with van der Waals surface area (Å²) in [5, 5.41) is 18.1. The van der Waals surface area contributed by atoms with Crippen molar-refractivity contribution in [1.82, 2.24) is 78.1 Å². The maximum atomic E-state index is 6.23. The van der Waals surface area contributed by atoms with E-state index >= 15 is 0 Å². The van der Waals surface area contributed by atoms with Gasteiger partial charge in [0.25, 0.3) is 0 Å². The molecule has 0 unspecified atom stereocenters. The number of furan rings is 4. The van der Waals surface area contributed by atoms with Gasteiger partial charge in [-0.2, -0.15) is 9.97 Å². The Morgan fingerprint density at radius 2 is 0.440 bits per heavy atom. The van der Waals surface area contributed by atoms with Crippen molar-refractivity contribution in [2.24, 2.45) is 0 Å². The number of benzene rings is 17. The summed E-state index contributed by atoms with van der Waals surface area (Å²) in [6.07, 6.45) is 10.7. The van der Waals surface area contributed by atoms with Crippen molar-refractivity contribution in [3.8, 4) is 91.9 Å². The Labute approximate surface area is 801 Å². The van der Waals surface area contributed by atoms with E-state index in [0.717, 1.165) is 186 Å². The Bertz CT molecular complexity index is 10000. The Kier molecular flexibility index (Phi) is 19.2. The molecular weight excluding hydrogens is 1740 g/mol. The summed E-state index contributed by atoms with van der Waals surface area (Å²) in [5.41, 5.74) is 23.5. The molecule has 17 aromatic carbocycles. The van der Waals surface area contributed by atoms with Gasteiger partial charge in [-0.3, -0.25) is 18.3 Å². The van der Waals surface area contributed by atoms with E-state index in [1.165, 1.54) is 27.5 Å². The van der Waals surface area contributed by atoms with Crippen LogP contribution < -0.4 is 0 Å². The van der Waals surface area contributed by atoms with Gasteiger partial charge in [0, 0.05) is 146 Å². The average molecular weight is 1820 g/mol. The number of aromatic nitrogens is 16. The lowest BCUT2D eigenvalue weighted by molar-refractivity contribution is 0.669. The molecule has 20 heteroatoms. The number of para-hydroxylation sites is 6. The van der Waals surface area contributed by atoms with Gasteiger partial charge in [-0.15, -0.1) is 0 Å². The van der Waals surface area contributed by atoms with Crippen molar-refractivity contribution in [2.45, 2.75) is 6.92 Å². The molecular formula is C121H74N16O4. The Morgan fingerprint density at radius 3 is 0.809 bits per heavy atom. The van der Waals surface area contributed by atoms with Crippen LogP contribution in [0.25, 0.3) is 267 Å². The molecule has 0 amide bonds. The maximum absolute atomic E-state index is 6.23. The van der Waals surface area contributed by atoms with E-state index in [-0.39, 0.29) is 0 Å². The smallest absolute Gasteiger partial charge is 0.238 e. The quantitative estimate of drug-likeness (QED) is 0.124. The van der Waals surface area contributed by atoms with Crippen LogP contribution in [0.2, 0.25) is 0 Å². The molecule has 0 saturated carbocycles. The van der Waals surface area contributed by atoms with Crippen LogP contribution in [0.5, 0.6) is 0 Å². The van der Waals surface area contributed by atoms with Gasteiger partial charge in [0.15, 0.2) is 29.1 Å². The zero-order valence-corrected chi connectivity index (χ0v) is 75.3. The van der Waals surface area contributed by atoms with E-state index in [0.29, 0.717) is 58.5 Å². The molecule has 30 rings (SSSR count). The van der Waals surface area contributed by atoms with Crippen molar-refractivity contribution in [2.75, 3.05) is 0 Å². The van der Waals surface area contributed by atoms with Gasteiger partial charge in [0.2, 0.25) is 23.8 Å². The highest BCUT2D eigenvalue weighted by Crippen LogP contribution is 2.48. The second kappa shape index (κ2) is 33.5. The number of aryl methyl sites for hydroxylation is 1. The minimum absolute atomic E-state index is 0.512. The molecule has 141 heavy (non-hydrogen) atoms. The number of hydrogen-bond acceptors (Lipinski definition) is 16. The van der Waals surface area contributed by atoms with Crippen molar-refractivity contribution in [3.05, 3.63) is 437 Å². The normalized spacial score (nSPS) is 11.7. The average Bonchev–Trinajstić information content (AvgIpc) is 1.57. The Morgan fingerprint density at radius 1 is 0.170 bits per heavy atom. The number of nitrogens with zero attached hydrogens (tertiary/aromatic N) is 16. The first-order valence-corrected chi connectivity index (χ1v) is 46.4. The van der Waals surface area contributed by atoms with Gasteiger partial charge in [-0.1, -0.05) is 279 Å². The second-order valence-electron chi connectivity index (χ2n) is 34.6. The zero-order chi connectivity index (χ0) is 93.1. The highest BCUT2D eigenvalue weighted by molar-refractivity contribution is 6.31. The lowest BCUT2D eigenvalue weighted by atomic mass is 10.0. The first-order chi connectivity index (χ1) is 69.9. The number of fused-ring (bicyclic) bond motifs is 28. The Balaban J connectivity index is 0.0000000956. The molecule has 0 aliphatic carbocycles. The molecule has 0 radical (unpaired) electrons. The Hall–Kier alpha value is -19.6. The molecule has 30 aromatic rings. The molecule has 13 heterocycles.